The second-order valence-corrected chi connectivity index (χ2v) is 9.87. The number of carbonyl (C=O) groups is 2. The van der Waals surface area contributed by atoms with Crippen molar-refractivity contribution in [3.05, 3.63) is 36.0 Å². The van der Waals surface area contributed by atoms with Crippen molar-refractivity contribution in [1.82, 2.24) is 15.2 Å². The van der Waals surface area contributed by atoms with Crippen LogP contribution in [0, 0.1) is 11.8 Å². The average molecular weight is 508 g/mol. The zero-order chi connectivity index (χ0) is 26.0. The topological polar surface area (TPSA) is 112 Å². The van der Waals surface area contributed by atoms with E-state index in [2.05, 4.69) is 17.2 Å². The third kappa shape index (κ3) is 5.57. The molecule has 3 heterocycles. The summed E-state index contributed by atoms with van der Waals surface area (Å²) in [6.45, 7) is 3.59. The Morgan fingerprint density at radius 2 is 1.94 bits per heavy atom. The van der Waals surface area contributed by atoms with Gasteiger partial charge in [0.25, 0.3) is 0 Å². The Morgan fingerprint density at radius 3 is 2.61 bits per heavy atom. The van der Waals surface area contributed by atoms with E-state index in [9.17, 15) is 22.8 Å². The van der Waals surface area contributed by atoms with Crippen LogP contribution in [0.5, 0.6) is 0 Å². The molecule has 2 aliphatic rings. The van der Waals surface area contributed by atoms with Crippen LogP contribution in [0.2, 0.25) is 0 Å². The van der Waals surface area contributed by atoms with E-state index in [1.807, 2.05) is 4.90 Å². The highest BCUT2D eigenvalue weighted by molar-refractivity contribution is 5.94. The highest BCUT2D eigenvalue weighted by atomic mass is 19.4. The van der Waals surface area contributed by atoms with E-state index in [0.29, 0.717) is 50.1 Å². The normalized spacial score (nSPS) is 22.5. The van der Waals surface area contributed by atoms with Crippen molar-refractivity contribution in [2.75, 3.05) is 37.7 Å². The average Bonchev–Trinajstić information content (AvgIpc) is 2.86. The van der Waals surface area contributed by atoms with Crippen LogP contribution in [0.3, 0.4) is 0 Å². The quantitative estimate of drug-likeness (QED) is 0.572. The molecule has 36 heavy (non-hydrogen) atoms. The number of nitrogens with zero attached hydrogens (tertiary/aromatic N) is 3. The molecule has 2 saturated heterocycles. The molecule has 0 spiro atoms. The van der Waals surface area contributed by atoms with Crippen LogP contribution in [0.15, 0.2) is 30.5 Å². The van der Waals surface area contributed by atoms with Crippen LogP contribution in [-0.4, -0.2) is 71.7 Å². The van der Waals surface area contributed by atoms with E-state index < -0.39 is 24.4 Å². The molecule has 0 bridgehead atoms. The summed E-state index contributed by atoms with van der Waals surface area (Å²) in [5, 5.41) is 12.7. The van der Waals surface area contributed by atoms with Gasteiger partial charge in [0.05, 0.1) is 17.7 Å². The Labute approximate surface area is 207 Å². The van der Waals surface area contributed by atoms with Crippen LogP contribution >= 0.6 is 0 Å². The number of rotatable bonds is 5. The second kappa shape index (κ2) is 10.6. The smallest absolute Gasteiger partial charge is 0.394 e. The number of pyridine rings is 1. The van der Waals surface area contributed by atoms with Crippen molar-refractivity contribution >= 4 is 28.4 Å². The number of hydrogen-bond acceptors (Lipinski definition) is 6. The molecular weight excluding hydrogens is 475 g/mol. The second-order valence-electron chi connectivity index (χ2n) is 9.87. The van der Waals surface area contributed by atoms with Crippen molar-refractivity contribution in [2.45, 2.75) is 44.4 Å². The van der Waals surface area contributed by atoms with Crippen LogP contribution in [0.4, 0.5) is 18.9 Å². The molecule has 1 aromatic carbocycles. The molecule has 4 rings (SSSR count). The van der Waals surface area contributed by atoms with Crippen molar-refractivity contribution in [2.24, 2.45) is 17.6 Å². The molecule has 3 atom stereocenters. The summed E-state index contributed by atoms with van der Waals surface area (Å²) in [4.78, 5) is 32.8. The Balaban J connectivity index is 1.44. The molecule has 0 aliphatic carbocycles. The third-order valence-corrected chi connectivity index (χ3v) is 7.09. The molecule has 3 unspecified atom stereocenters. The zero-order valence-electron chi connectivity index (χ0n) is 20.2. The van der Waals surface area contributed by atoms with Gasteiger partial charge in [-0.05, 0) is 49.4 Å². The number of amides is 2. The number of aliphatic hydroxyl groups excluding tert-OH is 1. The molecule has 0 saturated carbocycles. The predicted octanol–water partition coefficient (Wildman–Crippen LogP) is 2.14. The van der Waals surface area contributed by atoms with E-state index in [1.165, 1.54) is 12.3 Å². The molecule has 196 valence electrons. The highest BCUT2D eigenvalue weighted by Crippen LogP contribution is 2.38. The molecule has 4 N–H and O–H groups in total. The minimum Gasteiger partial charge on any atom is -0.394 e. The van der Waals surface area contributed by atoms with E-state index in [-0.39, 0.29) is 35.2 Å². The van der Waals surface area contributed by atoms with Gasteiger partial charge in [0.2, 0.25) is 11.8 Å². The number of halogens is 3. The Hall–Kier alpha value is -2.92. The molecule has 2 fully saturated rings. The summed E-state index contributed by atoms with van der Waals surface area (Å²) in [7, 11) is 0. The van der Waals surface area contributed by atoms with Gasteiger partial charge in [-0.2, -0.15) is 13.2 Å². The lowest BCUT2D eigenvalue weighted by atomic mass is 9.92. The maximum Gasteiger partial charge on any atom is 0.418 e. The summed E-state index contributed by atoms with van der Waals surface area (Å²) >= 11 is 0. The third-order valence-electron chi connectivity index (χ3n) is 7.09. The molecule has 11 heteroatoms. The number of anilines is 1. The van der Waals surface area contributed by atoms with Crippen LogP contribution in [0.1, 0.15) is 31.7 Å². The maximum atomic E-state index is 13.5. The fraction of sp³-hybridized carbons (Fsp3) is 0.560. The van der Waals surface area contributed by atoms with Crippen molar-refractivity contribution in [1.29, 1.82) is 0 Å². The number of carbonyl (C=O) groups excluding carboxylic acids is 2. The van der Waals surface area contributed by atoms with Crippen molar-refractivity contribution in [3.8, 4) is 0 Å². The number of benzene rings is 1. The SMILES string of the molecule is CC1CC(NC(=O)C2CCN(C(=O)C(N)CO)CC2)CN(c2ccc(C(F)(F)F)c3ncccc23)C1. The first kappa shape index (κ1) is 26.2. The lowest BCUT2D eigenvalue weighted by molar-refractivity contribution is -0.137. The maximum absolute atomic E-state index is 13.5. The van der Waals surface area contributed by atoms with Gasteiger partial charge in [-0.15, -0.1) is 0 Å². The predicted molar refractivity (Wildman–Crippen MR) is 129 cm³/mol. The molecule has 0 radical (unpaired) electrons. The first-order valence-corrected chi connectivity index (χ1v) is 12.2. The van der Waals surface area contributed by atoms with Gasteiger partial charge in [-0.25, -0.2) is 0 Å². The number of nitrogens with one attached hydrogen (secondary N) is 1. The number of aliphatic hydroxyl groups is 1. The Kier molecular flexibility index (Phi) is 7.70. The van der Waals surface area contributed by atoms with Crippen molar-refractivity contribution < 1.29 is 27.9 Å². The first-order valence-electron chi connectivity index (χ1n) is 12.2. The Morgan fingerprint density at radius 1 is 1.22 bits per heavy atom. The molecule has 2 amide bonds. The number of aromatic nitrogens is 1. The monoisotopic (exact) mass is 507 g/mol. The summed E-state index contributed by atoms with van der Waals surface area (Å²) in [5.41, 5.74) is 5.45. The van der Waals surface area contributed by atoms with Gasteiger partial charge in [0, 0.05) is 55.4 Å². The van der Waals surface area contributed by atoms with E-state index >= 15 is 0 Å². The van der Waals surface area contributed by atoms with Crippen molar-refractivity contribution in [3.63, 3.8) is 0 Å². The lowest BCUT2D eigenvalue weighted by Gasteiger charge is -2.40. The van der Waals surface area contributed by atoms with Gasteiger partial charge in [-0.3, -0.25) is 14.6 Å². The van der Waals surface area contributed by atoms with Gasteiger partial charge >= 0.3 is 6.18 Å². The van der Waals surface area contributed by atoms with Crippen LogP contribution in [-0.2, 0) is 15.8 Å². The van der Waals surface area contributed by atoms with Gasteiger partial charge < -0.3 is 26.0 Å². The van der Waals surface area contributed by atoms with Gasteiger partial charge in [0.1, 0.15) is 6.04 Å². The van der Waals surface area contributed by atoms with Gasteiger partial charge in [0.15, 0.2) is 0 Å². The van der Waals surface area contributed by atoms with E-state index in [0.717, 1.165) is 12.5 Å². The number of likely N-dealkylation sites (tertiary alicyclic amines) is 1. The minimum absolute atomic E-state index is 0.0773. The fourth-order valence-corrected chi connectivity index (χ4v) is 5.31. The summed E-state index contributed by atoms with van der Waals surface area (Å²) in [6, 6.07) is 4.75. The van der Waals surface area contributed by atoms with Crippen LogP contribution < -0.4 is 16.0 Å². The highest BCUT2D eigenvalue weighted by Gasteiger charge is 2.36. The number of piperidine rings is 2. The summed E-state index contributed by atoms with van der Waals surface area (Å²) in [5.74, 6) is -0.406. The van der Waals surface area contributed by atoms with E-state index in [4.69, 9.17) is 10.8 Å². The molecule has 8 nitrogen and oxygen atoms in total. The first-order chi connectivity index (χ1) is 17.1. The fourth-order valence-electron chi connectivity index (χ4n) is 5.31. The van der Waals surface area contributed by atoms with Gasteiger partial charge in [-0.1, -0.05) is 6.92 Å². The summed E-state index contributed by atoms with van der Waals surface area (Å²) < 4.78 is 40.6. The lowest BCUT2D eigenvalue weighted by Crippen LogP contribution is -2.53. The minimum atomic E-state index is -4.50. The number of alkyl halides is 3. The number of nitrogens with two attached hydrogens (primary N) is 1. The molecular formula is C25H32F3N5O3. The summed E-state index contributed by atoms with van der Waals surface area (Å²) in [6.07, 6.45) is -1.35. The number of fused-ring (bicyclic) bond motifs is 1. The standard InChI is InChI=1S/C25H32F3N5O3/c1-15-11-17(31-23(35)16-6-9-32(10-7-16)24(36)20(29)14-34)13-33(12-15)21-5-4-19(25(26,27)28)22-18(21)3-2-8-30-22/h2-5,8,15-17,20,34H,6-7,9-14,29H2,1H3,(H,31,35). The van der Waals surface area contributed by atoms with Crippen LogP contribution in [0.25, 0.3) is 10.9 Å². The molecule has 2 aromatic rings. The molecule has 1 aromatic heterocycles. The molecule has 2 aliphatic heterocycles. The van der Waals surface area contributed by atoms with E-state index in [1.54, 1.807) is 17.0 Å². The largest absolute Gasteiger partial charge is 0.418 e. The number of hydrogen-bond donors (Lipinski definition) is 3. The Bertz CT molecular complexity index is 1100. The zero-order valence-corrected chi connectivity index (χ0v) is 20.2.